The third-order valence-electron chi connectivity index (χ3n) is 12.0. The average Bonchev–Trinajstić information content (AvgIpc) is 3.91. The number of furan rings is 1. The van der Waals surface area contributed by atoms with Gasteiger partial charge in [0.15, 0.2) is 0 Å². The van der Waals surface area contributed by atoms with Crippen molar-refractivity contribution in [3.63, 3.8) is 0 Å². The van der Waals surface area contributed by atoms with Crippen LogP contribution in [0.2, 0.25) is 0 Å². The van der Waals surface area contributed by atoms with Gasteiger partial charge in [0.25, 0.3) is 0 Å². The molecular formula is C58H37NOS. The fourth-order valence-electron chi connectivity index (χ4n) is 9.13. The van der Waals surface area contributed by atoms with E-state index < -0.39 is 0 Å². The van der Waals surface area contributed by atoms with Gasteiger partial charge in [-0.2, -0.15) is 0 Å². The highest BCUT2D eigenvalue weighted by Crippen LogP contribution is 2.48. The smallest absolute Gasteiger partial charge is 0.143 e. The van der Waals surface area contributed by atoms with Gasteiger partial charge in [-0.25, -0.2) is 0 Å². The van der Waals surface area contributed by atoms with Crippen LogP contribution < -0.4 is 4.90 Å². The summed E-state index contributed by atoms with van der Waals surface area (Å²) in [6, 6.07) is 81.2. The summed E-state index contributed by atoms with van der Waals surface area (Å²) in [5.41, 5.74) is 14.4. The molecule has 3 heteroatoms. The number of anilines is 3. The van der Waals surface area contributed by atoms with Gasteiger partial charge in [0.05, 0.1) is 16.8 Å². The van der Waals surface area contributed by atoms with Crippen LogP contribution in [0.25, 0.3) is 97.4 Å². The van der Waals surface area contributed by atoms with E-state index in [-0.39, 0.29) is 0 Å². The van der Waals surface area contributed by atoms with Gasteiger partial charge in [-0.3, -0.25) is 0 Å². The molecule has 0 unspecified atom stereocenters. The maximum absolute atomic E-state index is 6.77. The molecule has 2 heterocycles. The first-order chi connectivity index (χ1) is 30.2. The minimum absolute atomic E-state index is 0.861. The molecule has 2 nitrogen and oxygen atoms in total. The van der Waals surface area contributed by atoms with Gasteiger partial charge in [0, 0.05) is 42.2 Å². The fourth-order valence-corrected chi connectivity index (χ4v) is 10.2. The molecule has 0 saturated heterocycles. The Hall–Kier alpha value is -7.72. The molecule has 0 aliphatic rings. The Morgan fingerprint density at radius 1 is 0.344 bits per heavy atom. The lowest BCUT2D eigenvalue weighted by Crippen LogP contribution is -2.11. The van der Waals surface area contributed by atoms with Crippen molar-refractivity contribution in [3.8, 4) is 44.5 Å². The van der Waals surface area contributed by atoms with Crippen LogP contribution in [0.3, 0.4) is 0 Å². The molecule has 0 bridgehead atoms. The topological polar surface area (TPSA) is 16.4 Å². The number of fused-ring (bicyclic) bond motifs is 8. The van der Waals surface area contributed by atoms with Crippen LogP contribution in [0.15, 0.2) is 229 Å². The number of nitrogens with zero attached hydrogens (tertiary/aromatic N) is 1. The number of benzene rings is 10. The van der Waals surface area contributed by atoms with E-state index in [4.69, 9.17) is 4.42 Å². The SMILES string of the molecule is c1ccc(-c2cc(-c3ccccc3)cc(-c3ccc(N(c4ccccc4-c4ccc5sc6ccccc6c5c4)c4cccc5oc6c7ccccc7ccc6c45)cc3)c2)cc1. The lowest BCUT2D eigenvalue weighted by molar-refractivity contribution is 0.672. The van der Waals surface area contributed by atoms with Gasteiger partial charge < -0.3 is 9.32 Å². The molecule has 0 saturated carbocycles. The molecule has 12 aromatic rings. The number of hydrogen-bond donors (Lipinski definition) is 0. The molecule has 61 heavy (non-hydrogen) atoms. The highest BCUT2D eigenvalue weighted by molar-refractivity contribution is 7.25. The summed E-state index contributed by atoms with van der Waals surface area (Å²) in [7, 11) is 0. The van der Waals surface area contributed by atoms with Crippen LogP contribution in [-0.2, 0) is 0 Å². The minimum atomic E-state index is 0.861. The van der Waals surface area contributed by atoms with Gasteiger partial charge in [0.2, 0.25) is 0 Å². The number of rotatable bonds is 7. The van der Waals surface area contributed by atoms with Crippen LogP contribution in [0.5, 0.6) is 0 Å². The highest BCUT2D eigenvalue weighted by atomic mass is 32.1. The third-order valence-corrected chi connectivity index (χ3v) is 13.2. The maximum atomic E-state index is 6.77. The summed E-state index contributed by atoms with van der Waals surface area (Å²) in [6.07, 6.45) is 0. The maximum Gasteiger partial charge on any atom is 0.143 e. The molecule has 0 aliphatic heterocycles. The lowest BCUT2D eigenvalue weighted by atomic mass is 9.93. The summed E-state index contributed by atoms with van der Waals surface area (Å²) in [5, 5.41) is 7.04. The van der Waals surface area contributed by atoms with E-state index in [9.17, 15) is 0 Å². The quantitative estimate of drug-likeness (QED) is 0.160. The Kier molecular flexibility index (Phi) is 8.39. The summed E-state index contributed by atoms with van der Waals surface area (Å²) in [4.78, 5) is 2.43. The van der Waals surface area contributed by atoms with Crippen LogP contribution in [0.4, 0.5) is 17.1 Å². The zero-order chi connectivity index (χ0) is 40.3. The molecule has 0 aliphatic carbocycles. The van der Waals surface area contributed by atoms with E-state index >= 15 is 0 Å². The van der Waals surface area contributed by atoms with Crippen molar-refractivity contribution < 1.29 is 4.42 Å². The van der Waals surface area contributed by atoms with Gasteiger partial charge >= 0.3 is 0 Å². The molecule has 286 valence electrons. The van der Waals surface area contributed by atoms with Gasteiger partial charge in [-0.1, -0.05) is 152 Å². The monoisotopic (exact) mass is 795 g/mol. The molecule has 0 amide bonds. The summed E-state index contributed by atoms with van der Waals surface area (Å²) >= 11 is 1.85. The largest absolute Gasteiger partial charge is 0.455 e. The van der Waals surface area contributed by atoms with E-state index in [0.29, 0.717) is 0 Å². The van der Waals surface area contributed by atoms with Crippen molar-refractivity contribution in [3.05, 3.63) is 224 Å². The van der Waals surface area contributed by atoms with E-state index in [2.05, 4.69) is 229 Å². The van der Waals surface area contributed by atoms with E-state index in [1.54, 1.807) is 0 Å². The lowest BCUT2D eigenvalue weighted by Gasteiger charge is -2.28. The van der Waals surface area contributed by atoms with Crippen molar-refractivity contribution in [2.75, 3.05) is 4.90 Å². The molecule has 12 rings (SSSR count). The third kappa shape index (κ3) is 6.09. The van der Waals surface area contributed by atoms with Crippen molar-refractivity contribution in [2.24, 2.45) is 0 Å². The molecule has 2 aromatic heterocycles. The summed E-state index contributed by atoms with van der Waals surface area (Å²) in [6.45, 7) is 0. The Morgan fingerprint density at radius 3 is 1.69 bits per heavy atom. The zero-order valence-electron chi connectivity index (χ0n) is 33.1. The molecule has 0 N–H and O–H groups in total. The molecule has 0 radical (unpaired) electrons. The normalized spacial score (nSPS) is 11.6. The Bertz CT molecular complexity index is 3530. The zero-order valence-corrected chi connectivity index (χ0v) is 33.9. The van der Waals surface area contributed by atoms with Crippen molar-refractivity contribution in [1.29, 1.82) is 0 Å². The number of hydrogen-bond acceptors (Lipinski definition) is 3. The Morgan fingerprint density at radius 2 is 0.934 bits per heavy atom. The Labute approximate surface area is 357 Å². The number of thiophene rings is 1. The highest BCUT2D eigenvalue weighted by Gasteiger charge is 2.23. The molecule has 10 aromatic carbocycles. The van der Waals surface area contributed by atoms with E-state index in [1.165, 1.54) is 53.6 Å². The first-order valence-electron chi connectivity index (χ1n) is 20.7. The van der Waals surface area contributed by atoms with Crippen molar-refractivity contribution >= 4 is 81.3 Å². The first-order valence-corrected chi connectivity index (χ1v) is 21.6. The van der Waals surface area contributed by atoms with E-state index in [1.807, 2.05) is 11.3 Å². The number of para-hydroxylation sites is 1. The van der Waals surface area contributed by atoms with E-state index in [0.717, 1.165) is 60.9 Å². The Balaban J connectivity index is 1.06. The summed E-state index contributed by atoms with van der Waals surface area (Å²) < 4.78 is 9.37. The molecule has 0 atom stereocenters. The minimum Gasteiger partial charge on any atom is -0.455 e. The van der Waals surface area contributed by atoms with Gasteiger partial charge in [-0.15, -0.1) is 11.3 Å². The predicted molar refractivity (Wildman–Crippen MR) is 261 cm³/mol. The average molecular weight is 796 g/mol. The van der Waals surface area contributed by atoms with Crippen LogP contribution in [0.1, 0.15) is 0 Å². The second kappa shape index (κ2) is 14.5. The second-order valence-electron chi connectivity index (χ2n) is 15.7. The van der Waals surface area contributed by atoms with Gasteiger partial charge in [-0.05, 0) is 117 Å². The first kappa shape index (κ1) is 35.2. The fraction of sp³-hybridized carbons (Fsp3) is 0. The second-order valence-corrected chi connectivity index (χ2v) is 16.7. The predicted octanol–water partition coefficient (Wildman–Crippen LogP) is 17.2. The standard InChI is InChI=1S/C58H37NOS/c1-3-14-38(15-4-1)43-34-44(39-16-5-2-6-17-39)36-45(35-43)40-26-30-46(31-27-40)59(53-23-13-24-54-57(53)50-32-28-41-18-7-8-20-48(41)58(50)60-54)52-22-11-9-19-47(52)42-29-33-56-51(37-42)49-21-10-12-25-55(49)61-56/h1-37H. The van der Waals surface area contributed by atoms with Crippen molar-refractivity contribution in [2.45, 2.75) is 0 Å². The molecular weight excluding hydrogens is 759 g/mol. The van der Waals surface area contributed by atoms with Crippen LogP contribution in [0, 0.1) is 0 Å². The van der Waals surface area contributed by atoms with Crippen LogP contribution in [-0.4, -0.2) is 0 Å². The molecule has 0 spiro atoms. The van der Waals surface area contributed by atoms with Crippen molar-refractivity contribution in [1.82, 2.24) is 0 Å². The molecule has 0 fully saturated rings. The summed E-state index contributed by atoms with van der Waals surface area (Å²) in [5.74, 6) is 0. The van der Waals surface area contributed by atoms with Crippen LogP contribution >= 0.6 is 11.3 Å². The van der Waals surface area contributed by atoms with Gasteiger partial charge in [0.1, 0.15) is 11.2 Å².